The third kappa shape index (κ3) is 2.34. The quantitative estimate of drug-likeness (QED) is 0.878. The molecule has 2 atom stereocenters. The molecule has 1 saturated carbocycles. The topological polar surface area (TPSA) is 12.0 Å². The fourth-order valence-corrected chi connectivity index (χ4v) is 1.91. The predicted octanol–water partition coefficient (Wildman–Crippen LogP) is 3.09. The summed E-state index contributed by atoms with van der Waals surface area (Å²) in [5.41, 5.74) is 0.990. The minimum absolute atomic E-state index is 0.172. The van der Waals surface area contributed by atoms with E-state index in [-0.39, 0.29) is 5.82 Å². The molecule has 2 unspecified atom stereocenters. The largest absolute Gasteiger partial charge is 0.310 e. The zero-order chi connectivity index (χ0) is 10.1. The van der Waals surface area contributed by atoms with Crippen LogP contribution in [0.4, 0.5) is 4.39 Å². The second-order valence-corrected chi connectivity index (χ2v) is 4.79. The van der Waals surface area contributed by atoms with Crippen LogP contribution in [0.15, 0.2) is 22.7 Å². The molecule has 1 nitrogen and oxygen atoms in total. The fraction of sp³-hybridized carbons (Fsp3) is 0.455. The molecule has 2 rings (SSSR count). The Morgan fingerprint density at radius 2 is 2.29 bits per heavy atom. The van der Waals surface area contributed by atoms with Gasteiger partial charge in [-0.05, 0) is 36.1 Å². The van der Waals surface area contributed by atoms with E-state index in [9.17, 15) is 4.39 Å². The summed E-state index contributed by atoms with van der Waals surface area (Å²) < 4.78 is 13.9. The van der Waals surface area contributed by atoms with Crippen molar-refractivity contribution in [3.63, 3.8) is 0 Å². The molecule has 1 aromatic carbocycles. The van der Waals surface area contributed by atoms with Crippen molar-refractivity contribution in [3.8, 4) is 0 Å². The third-order valence-corrected chi connectivity index (χ3v) is 3.45. The smallest absolute Gasteiger partial charge is 0.123 e. The van der Waals surface area contributed by atoms with E-state index in [0.717, 1.165) is 22.5 Å². The van der Waals surface area contributed by atoms with Gasteiger partial charge in [-0.25, -0.2) is 4.39 Å². The predicted molar refractivity (Wildman–Crippen MR) is 58.5 cm³/mol. The van der Waals surface area contributed by atoms with E-state index in [1.54, 1.807) is 12.1 Å². The van der Waals surface area contributed by atoms with Crippen LogP contribution in [0.5, 0.6) is 0 Å². The first kappa shape index (κ1) is 10.1. The Morgan fingerprint density at radius 3 is 2.93 bits per heavy atom. The number of hydrogen-bond acceptors (Lipinski definition) is 1. The van der Waals surface area contributed by atoms with Crippen molar-refractivity contribution in [3.05, 3.63) is 34.1 Å². The van der Waals surface area contributed by atoms with E-state index in [0.29, 0.717) is 6.04 Å². The molecule has 0 radical (unpaired) electrons. The van der Waals surface area contributed by atoms with E-state index in [1.807, 2.05) is 0 Å². The maximum atomic E-state index is 12.9. The molecular weight excluding hydrogens is 245 g/mol. The summed E-state index contributed by atoms with van der Waals surface area (Å²) in [6.45, 7) is 2.96. The molecule has 1 aromatic rings. The summed E-state index contributed by atoms with van der Waals surface area (Å²) >= 11 is 3.41. The highest BCUT2D eigenvalue weighted by Crippen LogP contribution is 2.29. The summed E-state index contributed by atoms with van der Waals surface area (Å²) in [6.07, 6.45) is 1.24. The van der Waals surface area contributed by atoms with Crippen LogP contribution in [0, 0.1) is 11.7 Å². The summed E-state index contributed by atoms with van der Waals surface area (Å²) in [5.74, 6) is 0.608. The molecule has 76 valence electrons. The van der Waals surface area contributed by atoms with Crippen LogP contribution in [0.1, 0.15) is 18.9 Å². The van der Waals surface area contributed by atoms with Gasteiger partial charge in [0.15, 0.2) is 0 Å². The van der Waals surface area contributed by atoms with Gasteiger partial charge in [-0.3, -0.25) is 0 Å². The number of benzene rings is 1. The average molecular weight is 258 g/mol. The van der Waals surface area contributed by atoms with Gasteiger partial charge in [-0.1, -0.05) is 22.9 Å². The lowest BCUT2D eigenvalue weighted by atomic mass is 10.2. The molecule has 1 aliphatic carbocycles. The van der Waals surface area contributed by atoms with E-state index >= 15 is 0 Å². The molecule has 0 aromatic heterocycles. The van der Waals surface area contributed by atoms with E-state index in [2.05, 4.69) is 28.2 Å². The second-order valence-electron chi connectivity index (χ2n) is 3.94. The van der Waals surface area contributed by atoms with Crippen LogP contribution in [-0.4, -0.2) is 6.04 Å². The molecule has 14 heavy (non-hydrogen) atoms. The van der Waals surface area contributed by atoms with Gasteiger partial charge in [0.2, 0.25) is 0 Å². The third-order valence-electron chi connectivity index (χ3n) is 2.67. The van der Waals surface area contributed by atoms with Crippen molar-refractivity contribution >= 4 is 15.9 Å². The van der Waals surface area contributed by atoms with Gasteiger partial charge in [0.1, 0.15) is 5.82 Å². The van der Waals surface area contributed by atoms with Crippen LogP contribution in [-0.2, 0) is 6.54 Å². The van der Waals surface area contributed by atoms with E-state index < -0.39 is 0 Å². The Labute approximate surface area is 91.8 Å². The van der Waals surface area contributed by atoms with E-state index in [1.165, 1.54) is 12.5 Å². The highest BCUT2D eigenvalue weighted by molar-refractivity contribution is 9.10. The van der Waals surface area contributed by atoms with Crippen LogP contribution >= 0.6 is 15.9 Å². The number of hydrogen-bond donors (Lipinski definition) is 1. The van der Waals surface area contributed by atoms with Crippen molar-refractivity contribution < 1.29 is 4.39 Å². The van der Waals surface area contributed by atoms with Crippen LogP contribution < -0.4 is 5.32 Å². The molecule has 1 fully saturated rings. The Balaban J connectivity index is 1.97. The number of rotatable bonds is 3. The zero-order valence-corrected chi connectivity index (χ0v) is 9.64. The standard InChI is InChI=1S/C11H13BrFN/c1-7-4-11(7)14-6-8-5-9(13)2-3-10(8)12/h2-3,5,7,11,14H,4,6H2,1H3. The molecule has 1 aliphatic rings. The second kappa shape index (κ2) is 3.99. The summed E-state index contributed by atoms with van der Waals surface area (Å²) in [6, 6.07) is 5.42. The first-order chi connectivity index (χ1) is 6.66. The number of nitrogens with one attached hydrogen (secondary N) is 1. The van der Waals surface area contributed by atoms with Crippen molar-refractivity contribution in [2.45, 2.75) is 25.9 Å². The summed E-state index contributed by atoms with van der Waals surface area (Å²) in [7, 11) is 0. The van der Waals surface area contributed by atoms with Gasteiger partial charge in [0.25, 0.3) is 0 Å². The van der Waals surface area contributed by atoms with Crippen molar-refractivity contribution in [1.82, 2.24) is 5.32 Å². The van der Waals surface area contributed by atoms with Crippen LogP contribution in [0.2, 0.25) is 0 Å². The first-order valence-electron chi connectivity index (χ1n) is 4.84. The van der Waals surface area contributed by atoms with Crippen LogP contribution in [0.25, 0.3) is 0 Å². The Morgan fingerprint density at radius 1 is 1.57 bits per heavy atom. The lowest BCUT2D eigenvalue weighted by Crippen LogP contribution is -2.17. The highest BCUT2D eigenvalue weighted by atomic mass is 79.9. The molecule has 0 spiro atoms. The SMILES string of the molecule is CC1CC1NCc1cc(F)ccc1Br. The minimum atomic E-state index is -0.172. The highest BCUT2D eigenvalue weighted by Gasteiger charge is 2.31. The van der Waals surface area contributed by atoms with Gasteiger partial charge in [0, 0.05) is 17.1 Å². The molecule has 0 aliphatic heterocycles. The van der Waals surface area contributed by atoms with Crippen LogP contribution in [0.3, 0.4) is 0 Å². The molecule has 0 saturated heterocycles. The number of halogens is 2. The van der Waals surface area contributed by atoms with Gasteiger partial charge in [-0.15, -0.1) is 0 Å². The van der Waals surface area contributed by atoms with Crippen molar-refractivity contribution in [2.75, 3.05) is 0 Å². The van der Waals surface area contributed by atoms with Gasteiger partial charge in [0.05, 0.1) is 0 Å². The average Bonchev–Trinajstić information content (AvgIpc) is 2.84. The van der Waals surface area contributed by atoms with Gasteiger partial charge in [-0.2, -0.15) is 0 Å². The molecule has 0 amide bonds. The zero-order valence-electron chi connectivity index (χ0n) is 8.06. The maximum Gasteiger partial charge on any atom is 0.123 e. The normalized spacial score (nSPS) is 25.1. The first-order valence-corrected chi connectivity index (χ1v) is 5.63. The Bertz CT molecular complexity index is 340. The molecule has 0 bridgehead atoms. The molecular formula is C11H13BrFN. The Hall–Kier alpha value is -0.410. The lowest BCUT2D eigenvalue weighted by molar-refractivity contribution is 0.614. The summed E-state index contributed by atoms with van der Waals surface area (Å²) in [5, 5.41) is 3.39. The summed E-state index contributed by atoms with van der Waals surface area (Å²) in [4.78, 5) is 0. The fourth-order valence-electron chi connectivity index (χ4n) is 1.53. The lowest BCUT2D eigenvalue weighted by Gasteiger charge is -2.05. The molecule has 1 N–H and O–H groups in total. The minimum Gasteiger partial charge on any atom is -0.310 e. The monoisotopic (exact) mass is 257 g/mol. The molecule has 3 heteroatoms. The van der Waals surface area contributed by atoms with Gasteiger partial charge < -0.3 is 5.32 Å². The Kier molecular flexibility index (Phi) is 2.88. The van der Waals surface area contributed by atoms with E-state index in [4.69, 9.17) is 0 Å². The maximum absolute atomic E-state index is 12.9. The molecule has 0 heterocycles. The van der Waals surface area contributed by atoms with Crippen molar-refractivity contribution in [1.29, 1.82) is 0 Å². The van der Waals surface area contributed by atoms with Crippen molar-refractivity contribution in [2.24, 2.45) is 5.92 Å². The van der Waals surface area contributed by atoms with Gasteiger partial charge >= 0.3 is 0 Å².